The van der Waals surface area contributed by atoms with Crippen LogP contribution in [0.3, 0.4) is 0 Å². The zero-order chi connectivity index (χ0) is 20.0. The molecule has 2 aromatic rings. The van der Waals surface area contributed by atoms with Crippen LogP contribution in [0, 0.1) is 19.3 Å². The minimum atomic E-state index is -0.728. The summed E-state index contributed by atoms with van der Waals surface area (Å²) in [5.41, 5.74) is 7.50. The lowest BCUT2D eigenvalue weighted by atomic mass is 10.0. The molecule has 8 nitrogen and oxygen atoms in total. The number of aliphatic hydroxyl groups excluding tert-OH is 1. The smallest absolute Gasteiger partial charge is 0.272 e. The maximum Gasteiger partial charge on any atom is 0.272 e. The third kappa shape index (κ3) is 5.17. The Hall–Kier alpha value is -3.15. The van der Waals surface area contributed by atoms with Gasteiger partial charge < -0.3 is 15.7 Å². The van der Waals surface area contributed by atoms with E-state index in [0.717, 1.165) is 11.1 Å². The third-order valence-electron chi connectivity index (χ3n) is 4.14. The Labute approximate surface area is 157 Å². The van der Waals surface area contributed by atoms with Crippen molar-refractivity contribution in [2.75, 3.05) is 5.73 Å². The molecule has 2 atom stereocenters. The number of hydrogen-bond acceptors (Lipinski definition) is 7. The first-order valence-electron chi connectivity index (χ1n) is 8.36. The fourth-order valence-corrected chi connectivity index (χ4v) is 2.51. The van der Waals surface area contributed by atoms with Gasteiger partial charge in [-0.15, -0.1) is 6.42 Å². The number of aromatic nitrogens is 2. The van der Waals surface area contributed by atoms with Crippen LogP contribution in [0.25, 0.3) is 0 Å². The highest BCUT2D eigenvalue weighted by atomic mass is 16.6. The van der Waals surface area contributed by atoms with Gasteiger partial charge in [-0.05, 0) is 38.0 Å². The first kappa shape index (κ1) is 20.2. The highest BCUT2D eigenvalue weighted by Gasteiger charge is 2.14. The zero-order valence-corrected chi connectivity index (χ0v) is 15.3. The van der Waals surface area contributed by atoms with E-state index in [9.17, 15) is 9.90 Å². The third-order valence-corrected chi connectivity index (χ3v) is 4.14. The molecule has 0 bridgehead atoms. The van der Waals surface area contributed by atoms with E-state index >= 15 is 0 Å². The van der Waals surface area contributed by atoms with Gasteiger partial charge in [0.05, 0.1) is 24.0 Å². The molecule has 0 amide bonds. The molecular weight excluding hydrogens is 346 g/mol. The molecule has 0 aliphatic carbocycles. The number of anilines is 1. The molecule has 8 heteroatoms. The summed E-state index contributed by atoms with van der Waals surface area (Å²) in [6.45, 7) is 3.39. The second-order valence-corrected chi connectivity index (χ2v) is 6.20. The summed E-state index contributed by atoms with van der Waals surface area (Å²) < 4.78 is 1.17. The Balaban J connectivity index is 2.09. The summed E-state index contributed by atoms with van der Waals surface area (Å²) >= 11 is 0. The molecule has 1 aromatic carbocycles. The molecule has 0 aliphatic heterocycles. The number of hydrogen-bond donors (Lipinski definition) is 3. The molecular formula is C19H23N5O3. The van der Waals surface area contributed by atoms with Crippen LogP contribution in [-0.4, -0.2) is 26.8 Å². The molecule has 5 N–H and O–H groups in total. The van der Waals surface area contributed by atoms with Crippen LogP contribution < -0.4 is 17.2 Å². The van der Waals surface area contributed by atoms with Crippen molar-refractivity contribution in [1.82, 2.24) is 9.78 Å². The summed E-state index contributed by atoms with van der Waals surface area (Å²) in [6.07, 6.45) is 6.32. The first-order valence-corrected chi connectivity index (χ1v) is 8.36. The minimum Gasteiger partial charge on any atom is -0.397 e. The summed E-state index contributed by atoms with van der Waals surface area (Å²) in [5.74, 6) is 7.93. The number of aliphatic imine (C=N–C) groups is 1. The van der Waals surface area contributed by atoms with Crippen molar-refractivity contribution < 1.29 is 9.94 Å². The predicted molar refractivity (Wildman–Crippen MR) is 104 cm³/mol. The number of nitrogens with zero attached hydrogens (tertiary/aromatic N) is 3. The molecule has 0 aliphatic rings. The Morgan fingerprint density at radius 3 is 2.70 bits per heavy atom. The number of aliphatic hydroxyl groups is 1. The minimum absolute atomic E-state index is 0.0340. The van der Waals surface area contributed by atoms with Gasteiger partial charge in [-0.2, -0.15) is 11.0 Å². The van der Waals surface area contributed by atoms with Crippen molar-refractivity contribution in [3.63, 3.8) is 0 Å². The normalized spacial score (nSPS) is 13.7. The van der Waals surface area contributed by atoms with Crippen LogP contribution in [0.15, 0.2) is 40.2 Å². The van der Waals surface area contributed by atoms with Crippen LogP contribution in [-0.2, 0) is 11.4 Å². The maximum absolute atomic E-state index is 12.2. The number of nitrogens with two attached hydrogens (primary N) is 2. The van der Waals surface area contributed by atoms with Gasteiger partial charge in [0, 0.05) is 11.1 Å². The molecule has 1 unspecified atom stereocenters. The summed E-state index contributed by atoms with van der Waals surface area (Å²) in [7, 11) is 0. The van der Waals surface area contributed by atoms with Gasteiger partial charge in [0.1, 0.15) is 6.54 Å². The fourth-order valence-electron chi connectivity index (χ4n) is 2.51. The van der Waals surface area contributed by atoms with Crippen molar-refractivity contribution in [2.24, 2.45) is 10.9 Å². The van der Waals surface area contributed by atoms with Crippen molar-refractivity contribution in [3.05, 3.63) is 57.5 Å². The average molecular weight is 369 g/mol. The monoisotopic (exact) mass is 369 g/mol. The summed E-state index contributed by atoms with van der Waals surface area (Å²) in [4.78, 5) is 21.3. The van der Waals surface area contributed by atoms with Crippen molar-refractivity contribution in [3.8, 4) is 12.3 Å². The van der Waals surface area contributed by atoms with E-state index in [4.69, 9.17) is 22.9 Å². The Kier molecular flexibility index (Phi) is 6.71. The lowest BCUT2D eigenvalue weighted by Crippen LogP contribution is -2.31. The molecule has 0 saturated carbocycles. The molecule has 142 valence electrons. The van der Waals surface area contributed by atoms with Crippen LogP contribution >= 0.6 is 0 Å². The topological polar surface area (TPSA) is 129 Å². The van der Waals surface area contributed by atoms with E-state index in [0.29, 0.717) is 17.7 Å². The van der Waals surface area contributed by atoms with E-state index in [1.54, 1.807) is 31.2 Å². The van der Waals surface area contributed by atoms with Crippen LogP contribution in [0.5, 0.6) is 0 Å². The van der Waals surface area contributed by atoms with Crippen molar-refractivity contribution in [2.45, 2.75) is 39.0 Å². The standard InChI is InChI=1S/C19H23N5O3/c1-4-14-5-7-15(8-6-14)17(25)9-12(2)23-18(27-21)11-24-19(26)13(3)16(20)10-22-24/h1,5-8,10,12,17,25H,9,11,20-21H2,2-3H3/t12?,17-/m0/s1. The largest absolute Gasteiger partial charge is 0.397 e. The molecule has 27 heavy (non-hydrogen) atoms. The van der Waals surface area contributed by atoms with Gasteiger partial charge in [-0.3, -0.25) is 4.79 Å². The molecule has 1 aromatic heterocycles. The fraction of sp³-hybridized carbons (Fsp3) is 0.316. The number of rotatable bonds is 6. The lowest BCUT2D eigenvalue weighted by Gasteiger charge is -2.15. The van der Waals surface area contributed by atoms with E-state index in [-0.39, 0.29) is 24.0 Å². The second-order valence-electron chi connectivity index (χ2n) is 6.20. The van der Waals surface area contributed by atoms with Gasteiger partial charge in [0.2, 0.25) is 5.90 Å². The van der Waals surface area contributed by atoms with Gasteiger partial charge in [0.15, 0.2) is 0 Å². The number of benzene rings is 1. The van der Waals surface area contributed by atoms with E-state index in [1.807, 2.05) is 6.92 Å². The van der Waals surface area contributed by atoms with Crippen LogP contribution in [0.1, 0.15) is 36.1 Å². The zero-order valence-electron chi connectivity index (χ0n) is 15.3. The average Bonchev–Trinajstić information content (AvgIpc) is 2.67. The van der Waals surface area contributed by atoms with Crippen LogP contribution in [0.2, 0.25) is 0 Å². The highest BCUT2D eigenvalue weighted by molar-refractivity contribution is 5.75. The van der Waals surface area contributed by atoms with Gasteiger partial charge >= 0.3 is 0 Å². The van der Waals surface area contributed by atoms with Crippen molar-refractivity contribution in [1.29, 1.82) is 0 Å². The lowest BCUT2D eigenvalue weighted by molar-refractivity contribution is 0.159. The van der Waals surface area contributed by atoms with Crippen LogP contribution in [0.4, 0.5) is 5.69 Å². The summed E-state index contributed by atoms with van der Waals surface area (Å²) in [6, 6.07) is 6.77. The van der Waals surface area contributed by atoms with Gasteiger partial charge in [0.25, 0.3) is 5.56 Å². The molecule has 0 saturated heterocycles. The quantitative estimate of drug-likeness (QED) is 0.300. The van der Waals surface area contributed by atoms with E-state index in [1.165, 1.54) is 10.9 Å². The molecule has 1 heterocycles. The molecule has 2 rings (SSSR count). The maximum atomic E-state index is 12.2. The van der Waals surface area contributed by atoms with Gasteiger partial charge in [-0.25, -0.2) is 9.67 Å². The SMILES string of the molecule is C#Cc1ccc([C@@H](O)CC(C)N=C(Cn2ncc(N)c(C)c2=O)ON)cc1. The molecule has 0 fully saturated rings. The Morgan fingerprint density at radius 1 is 1.44 bits per heavy atom. The number of nitrogen functional groups attached to an aromatic ring is 1. The highest BCUT2D eigenvalue weighted by Crippen LogP contribution is 2.20. The second kappa shape index (κ2) is 8.98. The summed E-state index contributed by atoms with van der Waals surface area (Å²) in [5, 5.41) is 14.3. The van der Waals surface area contributed by atoms with E-state index < -0.39 is 6.10 Å². The Bertz CT molecular complexity index is 912. The number of terminal acetylenes is 1. The van der Waals surface area contributed by atoms with Gasteiger partial charge in [-0.1, -0.05) is 18.1 Å². The molecule has 0 radical (unpaired) electrons. The predicted octanol–water partition coefficient (Wildman–Crippen LogP) is 0.916. The molecule has 0 spiro atoms. The van der Waals surface area contributed by atoms with E-state index in [2.05, 4.69) is 16.0 Å². The van der Waals surface area contributed by atoms with Crippen molar-refractivity contribution >= 4 is 11.6 Å². The first-order chi connectivity index (χ1) is 12.8. The Morgan fingerprint density at radius 2 is 2.11 bits per heavy atom.